The molecule has 0 saturated heterocycles. The summed E-state index contributed by atoms with van der Waals surface area (Å²) in [4.78, 5) is 9.97. The van der Waals surface area contributed by atoms with Gasteiger partial charge in [-0.05, 0) is 6.07 Å². The van der Waals surface area contributed by atoms with Gasteiger partial charge in [0.05, 0.1) is 0 Å². The highest BCUT2D eigenvalue weighted by atomic mass is 16.4. The second kappa shape index (κ2) is 2.82. The van der Waals surface area contributed by atoms with Gasteiger partial charge in [0.15, 0.2) is 0 Å². The Morgan fingerprint density at radius 2 is 2.50 bits per heavy atom. The fourth-order valence-corrected chi connectivity index (χ4v) is 0.509. The van der Waals surface area contributed by atoms with Gasteiger partial charge in [-0.3, -0.25) is 0 Å². The molecule has 0 radical (unpaired) electrons. The van der Waals surface area contributed by atoms with E-state index in [-0.39, 0.29) is 0 Å². The van der Waals surface area contributed by atoms with Crippen molar-refractivity contribution >= 4 is 12.2 Å². The molecule has 52 valence electrons. The summed E-state index contributed by atoms with van der Waals surface area (Å²) in [6.07, 6.45) is 5.61. The van der Waals surface area contributed by atoms with Crippen LogP contribution in [-0.2, 0) is 4.79 Å². The molecule has 10 heavy (non-hydrogen) atoms. The fourth-order valence-electron chi connectivity index (χ4n) is 0.509. The molecule has 4 heteroatoms. The number of aliphatic carboxylic acids is 1. The van der Waals surface area contributed by atoms with Crippen LogP contribution >= 0.6 is 0 Å². The number of nitrogens with zero attached hydrogens (tertiary/aromatic N) is 2. The van der Waals surface area contributed by atoms with Gasteiger partial charge in [0.2, 0.25) is 0 Å². The lowest BCUT2D eigenvalue weighted by Crippen LogP contribution is -1.90. The van der Waals surface area contributed by atoms with Gasteiger partial charge in [-0.1, -0.05) is 0 Å². The van der Waals surface area contributed by atoms with Crippen LogP contribution in [0.1, 0.15) is 0 Å². The standard InChI is InChI=1S/C6H6N2O2/c9-6(10)2-5-8-4-1-3-7-8/h1-5H,(H,9,10). The van der Waals surface area contributed by atoms with E-state index in [1.807, 2.05) is 0 Å². The number of hydrogen-bond donors (Lipinski definition) is 1. The van der Waals surface area contributed by atoms with E-state index in [1.54, 1.807) is 18.5 Å². The maximum Gasteiger partial charge on any atom is 0.329 e. The number of aromatic nitrogens is 2. The summed E-state index contributed by atoms with van der Waals surface area (Å²) in [5.74, 6) is -0.976. The second-order valence-electron chi connectivity index (χ2n) is 1.64. The molecule has 0 aromatic carbocycles. The number of hydrogen-bond acceptors (Lipinski definition) is 2. The molecule has 0 aliphatic rings. The number of carboxylic acids is 1. The molecule has 0 aliphatic heterocycles. The molecule has 4 nitrogen and oxygen atoms in total. The summed E-state index contributed by atoms with van der Waals surface area (Å²) in [6.45, 7) is 0. The van der Waals surface area contributed by atoms with Gasteiger partial charge in [0, 0.05) is 24.7 Å². The Hall–Kier alpha value is -1.58. The first-order valence-electron chi connectivity index (χ1n) is 2.69. The molecule has 0 amide bonds. The van der Waals surface area contributed by atoms with Gasteiger partial charge >= 0.3 is 5.97 Å². The second-order valence-corrected chi connectivity index (χ2v) is 1.64. The van der Waals surface area contributed by atoms with Crippen molar-refractivity contribution in [1.29, 1.82) is 0 Å². The predicted molar refractivity (Wildman–Crippen MR) is 35.2 cm³/mol. The van der Waals surface area contributed by atoms with Crippen LogP contribution in [0.3, 0.4) is 0 Å². The van der Waals surface area contributed by atoms with E-state index in [9.17, 15) is 4.79 Å². The average molecular weight is 138 g/mol. The maximum atomic E-state index is 9.97. The Kier molecular flexibility index (Phi) is 1.84. The van der Waals surface area contributed by atoms with E-state index in [1.165, 1.54) is 10.9 Å². The SMILES string of the molecule is O=C(O)C=Cn1cccn1. The van der Waals surface area contributed by atoms with E-state index in [2.05, 4.69) is 5.10 Å². The van der Waals surface area contributed by atoms with E-state index >= 15 is 0 Å². The molecule has 1 N–H and O–H groups in total. The van der Waals surface area contributed by atoms with Crippen LogP contribution in [0.25, 0.3) is 6.20 Å². The molecular weight excluding hydrogens is 132 g/mol. The van der Waals surface area contributed by atoms with Gasteiger partial charge in [-0.15, -0.1) is 0 Å². The highest BCUT2D eigenvalue weighted by Gasteiger charge is 1.85. The average Bonchev–Trinajstić information content (AvgIpc) is 2.34. The lowest BCUT2D eigenvalue weighted by Gasteiger charge is -1.85. The van der Waals surface area contributed by atoms with Gasteiger partial charge in [-0.2, -0.15) is 5.10 Å². The normalized spacial score (nSPS) is 10.4. The number of rotatable bonds is 2. The fraction of sp³-hybridized carbons (Fsp3) is 0. The number of carboxylic acid groups (broad SMARTS) is 1. The highest BCUT2D eigenvalue weighted by Crippen LogP contribution is 1.84. The van der Waals surface area contributed by atoms with Crippen LogP contribution in [0.2, 0.25) is 0 Å². The Bertz CT molecular complexity index is 238. The minimum Gasteiger partial charge on any atom is -0.478 e. The van der Waals surface area contributed by atoms with E-state index in [4.69, 9.17) is 5.11 Å². The van der Waals surface area contributed by atoms with Crippen LogP contribution in [0.4, 0.5) is 0 Å². The molecule has 1 aromatic heterocycles. The van der Waals surface area contributed by atoms with Crippen LogP contribution < -0.4 is 0 Å². The largest absolute Gasteiger partial charge is 0.478 e. The molecule has 1 aromatic rings. The van der Waals surface area contributed by atoms with Crippen molar-refractivity contribution in [3.8, 4) is 0 Å². The zero-order chi connectivity index (χ0) is 7.40. The maximum absolute atomic E-state index is 9.97. The number of carbonyl (C=O) groups is 1. The van der Waals surface area contributed by atoms with Crippen molar-refractivity contribution in [3.05, 3.63) is 24.5 Å². The van der Waals surface area contributed by atoms with Crippen molar-refractivity contribution in [2.75, 3.05) is 0 Å². The Labute approximate surface area is 57.4 Å². The predicted octanol–water partition coefficient (Wildman–Crippen LogP) is 0.438. The molecule has 0 unspecified atom stereocenters. The quantitative estimate of drug-likeness (QED) is 0.603. The van der Waals surface area contributed by atoms with Gasteiger partial charge in [-0.25, -0.2) is 9.48 Å². The molecule has 0 atom stereocenters. The van der Waals surface area contributed by atoms with Crippen LogP contribution in [-0.4, -0.2) is 20.9 Å². The Balaban J connectivity index is 2.64. The summed E-state index contributed by atoms with van der Waals surface area (Å²) in [6, 6.07) is 1.71. The minimum absolute atomic E-state index is 0.976. The summed E-state index contributed by atoms with van der Waals surface area (Å²) in [5, 5.41) is 11.9. The lowest BCUT2D eigenvalue weighted by atomic mass is 10.6. The Morgan fingerprint density at radius 1 is 1.70 bits per heavy atom. The molecule has 1 heterocycles. The molecule has 0 bridgehead atoms. The summed E-state index contributed by atoms with van der Waals surface area (Å²) < 4.78 is 1.41. The molecule has 1 rings (SSSR count). The van der Waals surface area contributed by atoms with Gasteiger partial charge in [0.25, 0.3) is 0 Å². The smallest absolute Gasteiger partial charge is 0.329 e. The minimum atomic E-state index is -0.976. The van der Waals surface area contributed by atoms with E-state index < -0.39 is 5.97 Å². The first kappa shape index (κ1) is 6.54. The third-order valence-electron chi connectivity index (χ3n) is 0.895. The highest BCUT2D eigenvalue weighted by molar-refractivity contribution is 5.82. The molecular formula is C6H6N2O2. The van der Waals surface area contributed by atoms with E-state index in [0.29, 0.717) is 0 Å². The zero-order valence-electron chi connectivity index (χ0n) is 5.14. The van der Waals surface area contributed by atoms with Gasteiger partial charge in [0.1, 0.15) is 0 Å². The van der Waals surface area contributed by atoms with Crippen LogP contribution in [0.15, 0.2) is 24.5 Å². The lowest BCUT2D eigenvalue weighted by molar-refractivity contribution is -0.131. The van der Waals surface area contributed by atoms with Crippen molar-refractivity contribution in [2.45, 2.75) is 0 Å². The monoisotopic (exact) mass is 138 g/mol. The van der Waals surface area contributed by atoms with E-state index in [0.717, 1.165) is 6.08 Å². The molecule has 0 spiro atoms. The Morgan fingerprint density at radius 3 is 3.00 bits per heavy atom. The first-order valence-corrected chi connectivity index (χ1v) is 2.69. The third kappa shape index (κ3) is 1.74. The first-order chi connectivity index (χ1) is 4.79. The van der Waals surface area contributed by atoms with Crippen LogP contribution in [0.5, 0.6) is 0 Å². The van der Waals surface area contributed by atoms with Crippen molar-refractivity contribution in [3.63, 3.8) is 0 Å². The summed E-state index contributed by atoms with van der Waals surface area (Å²) in [5.41, 5.74) is 0. The topological polar surface area (TPSA) is 55.1 Å². The van der Waals surface area contributed by atoms with Crippen LogP contribution in [0, 0.1) is 0 Å². The third-order valence-corrected chi connectivity index (χ3v) is 0.895. The zero-order valence-corrected chi connectivity index (χ0v) is 5.14. The molecule has 0 fully saturated rings. The molecule has 0 saturated carbocycles. The van der Waals surface area contributed by atoms with Crippen molar-refractivity contribution < 1.29 is 9.90 Å². The van der Waals surface area contributed by atoms with Crippen molar-refractivity contribution in [2.24, 2.45) is 0 Å². The summed E-state index contributed by atoms with van der Waals surface area (Å²) >= 11 is 0. The summed E-state index contributed by atoms with van der Waals surface area (Å²) in [7, 11) is 0. The van der Waals surface area contributed by atoms with Gasteiger partial charge < -0.3 is 5.11 Å². The van der Waals surface area contributed by atoms with Crippen molar-refractivity contribution in [1.82, 2.24) is 9.78 Å². The molecule has 0 aliphatic carbocycles.